The summed E-state index contributed by atoms with van der Waals surface area (Å²) in [6, 6.07) is 6.09. The molecule has 1 aliphatic heterocycles. The first-order chi connectivity index (χ1) is 8.43. The Kier molecular flexibility index (Phi) is 3.20. The van der Waals surface area contributed by atoms with E-state index in [2.05, 4.69) is 36.0 Å². The van der Waals surface area contributed by atoms with Crippen LogP contribution in [0.1, 0.15) is 31.4 Å². The van der Waals surface area contributed by atoms with Gasteiger partial charge in [0.05, 0.1) is 0 Å². The predicted octanol–water partition coefficient (Wildman–Crippen LogP) is 2.33. The average molecular weight is 247 g/mol. The maximum absolute atomic E-state index is 8.89. The van der Waals surface area contributed by atoms with Crippen LogP contribution in [-0.2, 0) is 0 Å². The summed E-state index contributed by atoms with van der Waals surface area (Å²) < 4.78 is 0. The van der Waals surface area contributed by atoms with Crippen molar-refractivity contribution in [3.63, 3.8) is 0 Å². The second-order valence-electron chi connectivity index (χ2n) is 5.84. The molecule has 98 valence electrons. The third kappa shape index (κ3) is 2.42. The van der Waals surface area contributed by atoms with Gasteiger partial charge in [0, 0.05) is 24.3 Å². The molecule has 1 fully saturated rings. The molecule has 2 rings (SSSR count). The normalized spacial score (nSPS) is 19.3. The van der Waals surface area contributed by atoms with Gasteiger partial charge in [0.25, 0.3) is 0 Å². The molecule has 0 aromatic heterocycles. The largest absolute Gasteiger partial charge is 0.409 e. The van der Waals surface area contributed by atoms with E-state index >= 15 is 0 Å². The van der Waals surface area contributed by atoms with E-state index in [-0.39, 0.29) is 5.84 Å². The molecule has 1 aliphatic rings. The maximum Gasteiger partial charge on any atom is 0.172 e. The molecule has 4 nitrogen and oxygen atoms in total. The van der Waals surface area contributed by atoms with E-state index in [0.717, 1.165) is 36.3 Å². The molecule has 0 atom stereocenters. The fourth-order valence-corrected chi connectivity index (χ4v) is 2.50. The first kappa shape index (κ1) is 12.7. The van der Waals surface area contributed by atoms with E-state index in [4.69, 9.17) is 10.9 Å². The van der Waals surface area contributed by atoms with E-state index in [1.54, 1.807) is 0 Å². The Morgan fingerprint density at radius 1 is 1.44 bits per heavy atom. The van der Waals surface area contributed by atoms with Crippen molar-refractivity contribution in [1.82, 2.24) is 0 Å². The van der Waals surface area contributed by atoms with Crippen LogP contribution < -0.4 is 10.6 Å². The van der Waals surface area contributed by atoms with Crippen molar-refractivity contribution in [2.45, 2.75) is 27.2 Å². The summed E-state index contributed by atoms with van der Waals surface area (Å²) >= 11 is 0. The molecule has 3 N–H and O–H groups in total. The number of benzene rings is 1. The third-order valence-corrected chi connectivity index (χ3v) is 3.55. The van der Waals surface area contributed by atoms with Crippen LogP contribution in [0, 0.1) is 12.3 Å². The molecule has 1 aromatic rings. The summed E-state index contributed by atoms with van der Waals surface area (Å²) in [6.45, 7) is 8.56. The predicted molar refractivity (Wildman–Crippen MR) is 74.3 cm³/mol. The summed E-state index contributed by atoms with van der Waals surface area (Å²) in [7, 11) is 0. The van der Waals surface area contributed by atoms with Gasteiger partial charge in [-0.1, -0.05) is 30.6 Å². The van der Waals surface area contributed by atoms with Gasteiger partial charge in [0.2, 0.25) is 0 Å². The highest BCUT2D eigenvalue weighted by atomic mass is 16.4. The van der Waals surface area contributed by atoms with Gasteiger partial charge in [0.1, 0.15) is 0 Å². The number of oxime groups is 1. The fourth-order valence-electron chi connectivity index (χ4n) is 2.50. The number of amidine groups is 1. The highest BCUT2D eigenvalue weighted by Gasteiger charge is 2.30. The number of anilines is 1. The highest BCUT2D eigenvalue weighted by molar-refractivity contribution is 6.02. The highest BCUT2D eigenvalue weighted by Crippen LogP contribution is 2.34. The van der Waals surface area contributed by atoms with Crippen LogP contribution in [0.15, 0.2) is 23.4 Å². The van der Waals surface area contributed by atoms with Crippen LogP contribution in [-0.4, -0.2) is 24.1 Å². The van der Waals surface area contributed by atoms with Crippen molar-refractivity contribution in [1.29, 1.82) is 0 Å². The van der Waals surface area contributed by atoms with Crippen LogP contribution in [0.4, 0.5) is 5.69 Å². The van der Waals surface area contributed by atoms with Crippen molar-refractivity contribution in [3.05, 3.63) is 29.3 Å². The summed E-state index contributed by atoms with van der Waals surface area (Å²) in [6.07, 6.45) is 1.16. The topological polar surface area (TPSA) is 61.8 Å². The number of nitrogens with two attached hydrogens (primary N) is 1. The van der Waals surface area contributed by atoms with Gasteiger partial charge in [0.15, 0.2) is 5.84 Å². The Balaban J connectivity index is 2.39. The molecule has 0 amide bonds. The third-order valence-electron chi connectivity index (χ3n) is 3.55. The van der Waals surface area contributed by atoms with Crippen LogP contribution >= 0.6 is 0 Å². The molecule has 1 aromatic carbocycles. The minimum absolute atomic E-state index is 0.179. The van der Waals surface area contributed by atoms with E-state index < -0.39 is 0 Å². The molecular weight excluding hydrogens is 226 g/mol. The minimum atomic E-state index is 0.179. The van der Waals surface area contributed by atoms with Crippen molar-refractivity contribution in [2.75, 3.05) is 18.0 Å². The molecule has 18 heavy (non-hydrogen) atoms. The maximum atomic E-state index is 8.89. The summed E-state index contributed by atoms with van der Waals surface area (Å²) in [5, 5.41) is 12.0. The van der Waals surface area contributed by atoms with Crippen LogP contribution in [0.5, 0.6) is 0 Å². The van der Waals surface area contributed by atoms with Crippen molar-refractivity contribution >= 4 is 11.5 Å². The first-order valence-electron chi connectivity index (χ1n) is 6.26. The molecule has 0 aliphatic carbocycles. The SMILES string of the molecule is Cc1ccc(N2CCC(C)(C)C2)c(/C(N)=N/O)c1. The number of rotatable bonds is 2. The molecule has 1 saturated heterocycles. The summed E-state index contributed by atoms with van der Waals surface area (Å²) in [5.74, 6) is 0.179. The molecular formula is C14H21N3O. The van der Waals surface area contributed by atoms with Crippen molar-refractivity contribution < 1.29 is 5.21 Å². The van der Waals surface area contributed by atoms with Gasteiger partial charge >= 0.3 is 0 Å². The second kappa shape index (κ2) is 4.52. The number of hydrogen-bond acceptors (Lipinski definition) is 3. The van der Waals surface area contributed by atoms with E-state index in [0.29, 0.717) is 5.41 Å². The average Bonchev–Trinajstić information content (AvgIpc) is 2.68. The molecule has 0 spiro atoms. The number of aryl methyl sites for hydroxylation is 1. The van der Waals surface area contributed by atoms with E-state index in [9.17, 15) is 0 Å². The zero-order valence-electron chi connectivity index (χ0n) is 11.3. The van der Waals surface area contributed by atoms with Crippen LogP contribution in [0.25, 0.3) is 0 Å². The standard InChI is InChI=1S/C14H21N3O/c1-10-4-5-12(11(8-10)13(15)16-18)17-7-6-14(2,3)9-17/h4-5,8,18H,6-7,9H2,1-3H3,(H2,15,16). The number of nitrogens with zero attached hydrogens (tertiary/aromatic N) is 2. The fraction of sp³-hybridized carbons (Fsp3) is 0.500. The monoisotopic (exact) mass is 247 g/mol. The minimum Gasteiger partial charge on any atom is -0.409 e. The Bertz CT molecular complexity index is 480. The zero-order valence-corrected chi connectivity index (χ0v) is 11.3. The van der Waals surface area contributed by atoms with E-state index in [1.165, 1.54) is 0 Å². The molecule has 0 radical (unpaired) electrons. The molecule has 0 saturated carbocycles. The van der Waals surface area contributed by atoms with Gasteiger partial charge in [-0.3, -0.25) is 0 Å². The number of hydrogen-bond donors (Lipinski definition) is 2. The quantitative estimate of drug-likeness (QED) is 0.365. The summed E-state index contributed by atoms with van der Waals surface area (Å²) in [5.41, 5.74) is 9.08. The van der Waals surface area contributed by atoms with Gasteiger partial charge in [-0.15, -0.1) is 0 Å². The Morgan fingerprint density at radius 3 is 2.72 bits per heavy atom. The van der Waals surface area contributed by atoms with Gasteiger partial charge in [-0.2, -0.15) is 0 Å². The van der Waals surface area contributed by atoms with Crippen molar-refractivity contribution in [2.24, 2.45) is 16.3 Å². The molecule has 0 unspecified atom stereocenters. The lowest BCUT2D eigenvalue weighted by atomic mass is 9.93. The lowest BCUT2D eigenvalue weighted by Gasteiger charge is -2.24. The summed E-state index contributed by atoms with van der Waals surface area (Å²) in [4.78, 5) is 2.31. The van der Waals surface area contributed by atoms with Gasteiger partial charge in [-0.05, 0) is 30.9 Å². The smallest absolute Gasteiger partial charge is 0.172 e. The zero-order chi connectivity index (χ0) is 13.3. The van der Waals surface area contributed by atoms with Gasteiger partial charge < -0.3 is 15.8 Å². The molecule has 4 heteroatoms. The van der Waals surface area contributed by atoms with E-state index in [1.807, 2.05) is 13.0 Å². The van der Waals surface area contributed by atoms with Crippen LogP contribution in [0.3, 0.4) is 0 Å². The van der Waals surface area contributed by atoms with Crippen LogP contribution in [0.2, 0.25) is 0 Å². The Hall–Kier alpha value is -1.71. The second-order valence-corrected chi connectivity index (χ2v) is 5.84. The lowest BCUT2D eigenvalue weighted by Crippen LogP contribution is -2.26. The molecule has 0 bridgehead atoms. The van der Waals surface area contributed by atoms with Gasteiger partial charge in [-0.25, -0.2) is 0 Å². The lowest BCUT2D eigenvalue weighted by molar-refractivity contribution is 0.318. The van der Waals surface area contributed by atoms with Crippen molar-refractivity contribution in [3.8, 4) is 0 Å². The Morgan fingerprint density at radius 2 is 2.17 bits per heavy atom. The first-order valence-corrected chi connectivity index (χ1v) is 6.26. The Labute approximate surface area is 108 Å². The molecule has 1 heterocycles.